The SMILES string of the molecule is [2H]C([2H])([2H])c1ncc(COP(=O)(O)O)c(CO)c1O. The quantitative estimate of drug-likeness (QED) is 0.565. The Hall–Kier alpha value is -0.980. The van der Waals surface area contributed by atoms with Crippen LogP contribution in [0.3, 0.4) is 0 Å². The minimum absolute atomic E-state index is 0.0173. The predicted molar refractivity (Wildman–Crippen MR) is 53.4 cm³/mol. The highest BCUT2D eigenvalue weighted by Gasteiger charge is 2.17. The van der Waals surface area contributed by atoms with Gasteiger partial charge in [0.15, 0.2) is 0 Å². The standard InChI is InChI=1S/C8H12NO6P/c1-5-8(11)7(3-10)6(2-9-5)4-15-16(12,13)14/h2,10-11H,3-4H2,1H3,(H2,12,13,14)/i1D3. The molecule has 16 heavy (non-hydrogen) atoms. The number of aromatic hydroxyl groups is 1. The average molecular weight is 252 g/mol. The number of nitrogens with zero attached hydrogens (tertiary/aromatic N) is 1. The summed E-state index contributed by atoms with van der Waals surface area (Å²) in [7, 11) is -4.72. The van der Waals surface area contributed by atoms with Gasteiger partial charge in [-0.25, -0.2) is 4.57 Å². The molecular formula is C8H12NO6P. The number of aliphatic hydroxyl groups is 1. The summed E-state index contributed by atoms with van der Waals surface area (Å²) < 4.78 is 36.1. The zero-order chi connectivity index (χ0) is 14.8. The molecule has 90 valence electrons. The van der Waals surface area contributed by atoms with Crippen molar-refractivity contribution in [1.82, 2.24) is 4.98 Å². The summed E-state index contributed by atoms with van der Waals surface area (Å²) >= 11 is 0. The molecule has 0 aliphatic rings. The summed E-state index contributed by atoms with van der Waals surface area (Å²) in [5.74, 6) is -0.741. The Labute approximate surface area is 95.8 Å². The molecule has 7 nitrogen and oxygen atoms in total. The van der Waals surface area contributed by atoms with E-state index in [1.807, 2.05) is 0 Å². The number of hydrogen-bond acceptors (Lipinski definition) is 5. The highest BCUT2D eigenvalue weighted by atomic mass is 31.2. The van der Waals surface area contributed by atoms with Gasteiger partial charge < -0.3 is 20.0 Å². The highest BCUT2D eigenvalue weighted by molar-refractivity contribution is 7.46. The van der Waals surface area contributed by atoms with Gasteiger partial charge in [0, 0.05) is 21.4 Å². The molecule has 0 amide bonds. The summed E-state index contributed by atoms with van der Waals surface area (Å²) in [6.45, 7) is -4.02. The van der Waals surface area contributed by atoms with Crippen molar-refractivity contribution < 1.29 is 33.2 Å². The minimum Gasteiger partial charge on any atom is -0.506 e. The number of pyridine rings is 1. The van der Waals surface area contributed by atoms with Gasteiger partial charge >= 0.3 is 7.82 Å². The van der Waals surface area contributed by atoms with E-state index in [1.165, 1.54) is 0 Å². The normalized spacial score (nSPS) is 15.3. The zero-order valence-electron chi connectivity index (χ0n) is 11.0. The third kappa shape index (κ3) is 3.26. The van der Waals surface area contributed by atoms with Gasteiger partial charge in [-0.2, -0.15) is 0 Å². The topological polar surface area (TPSA) is 120 Å². The van der Waals surface area contributed by atoms with Gasteiger partial charge in [0.1, 0.15) is 5.75 Å². The van der Waals surface area contributed by atoms with E-state index in [0.717, 1.165) is 6.20 Å². The smallest absolute Gasteiger partial charge is 0.469 e. The molecule has 0 unspecified atom stereocenters. The maximum Gasteiger partial charge on any atom is 0.469 e. The second kappa shape index (κ2) is 4.90. The van der Waals surface area contributed by atoms with Gasteiger partial charge in [0.25, 0.3) is 0 Å². The van der Waals surface area contributed by atoms with E-state index in [2.05, 4.69) is 9.51 Å². The molecule has 8 heteroatoms. The molecule has 0 bridgehead atoms. The monoisotopic (exact) mass is 252 g/mol. The van der Waals surface area contributed by atoms with Crippen LogP contribution in [0, 0.1) is 6.85 Å². The van der Waals surface area contributed by atoms with Crippen molar-refractivity contribution in [3.8, 4) is 5.75 Å². The number of aromatic nitrogens is 1. The van der Waals surface area contributed by atoms with E-state index in [4.69, 9.17) is 19.0 Å². The fourth-order valence-electron chi connectivity index (χ4n) is 1.03. The van der Waals surface area contributed by atoms with Crippen molar-refractivity contribution in [2.45, 2.75) is 20.1 Å². The van der Waals surface area contributed by atoms with E-state index >= 15 is 0 Å². The lowest BCUT2D eigenvalue weighted by Crippen LogP contribution is -2.00. The van der Waals surface area contributed by atoms with E-state index in [9.17, 15) is 9.67 Å². The molecule has 0 spiro atoms. The van der Waals surface area contributed by atoms with Gasteiger partial charge in [0.05, 0.1) is 18.9 Å². The molecule has 0 saturated carbocycles. The van der Waals surface area contributed by atoms with E-state index in [1.54, 1.807) is 0 Å². The Morgan fingerprint density at radius 2 is 2.31 bits per heavy atom. The third-order valence-corrected chi connectivity index (χ3v) is 2.26. The van der Waals surface area contributed by atoms with Gasteiger partial charge in [-0.15, -0.1) is 0 Å². The first kappa shape index (κ1) is 9.09. The first-order valence-electron chi connectivity index (χ1n) is 5.57. The van der Waals surface area contributed by atoms with Crippen LogP contribution in [-0.2, 0) is 22.3 Å². The van der Waals surface area contributed by atoms with Crippen LogP contribution < -0.4 is 0 Å². The molecule has 0 aliphatic heterocycles. The van der Waals surface area contributed by atoms with Crippen LogP contribution in [0.4, 0.5) is 0 Å². The lowest BCUT2D eigenvalue weighted by atomic mass is 10.1. The summed E-state index contributed by atoms with van der Waals surface area (Å²) in [6.07, 6.45) is 0.975. The van der Waals surface area contributed by atoms with Gasteiger partial charge in [-0.05, 0) is 6.85 Å². The molecule has 1 rings (SSSR count). The third-order valence-electron chi connectivity index (χ3n) is 1.79. The average Bonchev–Trinajstić information content (AvgIpc) is 2.23. The van der Waals surface area contributed by atoms with Crippen molar-refractivity contribution >= 4 is 7.82 Å². The number of phosphoric ester groups is 1. The Morgan fingerprint density at radius 1 is 1.62 bits per heavy atom. The molecular weight excluding hydrogens is 237 g/mol. The van der Waals surface area contributed by atoms with E-state index in [-0.39, 0.29) is 11.1 Å². The lowest BCUT2D eigenvalue weighted by Gasteiger charge is -2.11. The maximum atomic E-state index is 10.6. The van der Waals surface area contributed by atoms with Crippen LogP contribution in [0.15, 0.2) is 6.20 Å². The molecule has 1 aromatic heterocycles. The first-order valence-corrected chi connectivity index (χ1v) is 5.60. The fraction of sp³-hybridized carbons (Fsp3) is 0.375. The van der Waals surface area contributed by atoms with Crippen molar-refractivity contribution in [3.05, 3.63) is 23.0 Å². The number of hydrogen-bond donors (Lipinski definition) is 4. The van der Waals surface area contributed by atoms with Crippen LogP contribution in [0.1, 0.15) is 20.9 Å². The Kier molecular flexibility index (Phi) is 2.79. The predicted octanol–water partition coefficient (Wildman–Crippen LogP) is 0.197. The molecule has 0 fully saturated rings. The highest BCUT2D eigenvalue weighted by Crippen LogP contribution is 2.37. The largest absolute Gasteiger partial charge is 0.506 e. The number of rotatable bonds is 4. The Balaban J connectivity index is 3.16. The Bertz CT molecular complexity index is 514. The molecule has 1 aromatic rings. The van der Waals surface area contributed by atoms with Crippen LogP contribution in [-0.4, -0.2) is 25.0 Å². The van der Waals surface area contributed by atoms with Crippen molar-refractivity contribution in [3.63, 3.8) is 0 Å². The number of aliphatic hydroxyl groups excluding tert-OH is 1. The zero-order valence-corrected chi connectivity index (χ0v) is 8.89. The lowest BCUT2D eigenvalue weighted by molar-refractivity contribution is 0.186. The summed E-state index contributed by atoms with van der Waals surface area (Å²) in [6, 6.07) is 0. The molecule has 0 saturated heterocycles. The van der Waals surface area contributed by atoms with E-state index < -0.39 is 39.3 Å². The van der Waals surface area contributed by atoms with Crippen LogP contribution in [0.5, 0.6) is 5.75 Å². The molecule has 4 N–H and O–H groups in total. The van der Waals surface area contributed by atoms with Crippen molar-refractivity contribution in [2.75, 3.05) is 0 Å². The second-order valence-electron chi connectivity index (χ2n) is 2.88. The molecule has 0 radical (unpaired) electrons. The van der Waals surface area contributed by atoms with Crippen LogP contribution in [0.25, 0.3) is 0 Å². The Morgan fingerprint density at radius 3 is 2.81 bits per heavy atom. The molecule has 0 aliphatic carbocycles. The van der Waals surface area contributed by atoms with Crippen molar-refractivity contribution in [2.24, 2.45) is 0 Å². The fourth-order valence-corrected chi connectivity index (χ4v) is 1.34. The summed E-state index contributed by atoms with van der Waals surface area (Å²) in [4.78, 5) is 20.6. The van der Waals surface area contributed by atoms with Gasteiger partial charge in [0.2, 0.25) is 0 Å². The van der Waals surface area contributed by atoms with E-state index in [0.29, 0.717) is 0 Å². The van der Waals surface area contributed by atoms with Crippen LogP contribution in [0.2, 0.25) is 0 Å². The van der Waals surface area contributed by atoms with Gasteiger partial charge in [-0.3, -0.25) is 9.51 Å². The second-order valence-corrected chi connectivity index (χ2v) is 4.12. The number of aryl methyl sites for hydroxylation is 1. The van der Waals surface area contributed by atoms with Crippen molar-refractivity contribution in [1.29, 1.82) is 0 Å². The van der Waals surface area contributed by atoms with Gasteiger partial charge in [-0.1, -0.05) is 0 Å². The van der Waals surface area contributed by atoms with Crippen LogP contribution >= 0.6 is 7.82 Å². The summed E-state index contributed by atoms with van der Waals surface area (Å²) in [5, 5.41) is 18.8. The minimum atomic E-state index is -4.72. The molecule has 1 heterocycles. The number of phosphoric acid groups is 1. The molecule has 0 aromatic carbocycles. The first-order chi connectivity index (χ1) is 8.56. The summed E-state index contributed by atoms with van der Waals surface area (Å²) in [5.41, 5.74) is -0.817. The maximum absolute atomic E-state index is 10.6. The molecule has 0 atom stereocenters.